The molecule has 0 aliphatic carbocycles. The Morgan fingerprint density at radius 3 is 2.42 bits per heavy atom. The van der Waals surface area contributed by atoms with Gasteiger partial charge in [-0.05, 0) is 80.1 Å². The van der Waals surface area contributed by atoms with E-state index in [1.54, 1.807) is 50.1 Å². The molecule has 228 valence electrons. The number of alkyl halides is 3. The molecule has 43 heavy (non-hydrogen) atoms. The first-order valence-electron chi connectivity index (χ1n) is 14.0. The lowest BCUT2D eigenvalue weighted by Gasteiger charge is -2.35. The van der Waals surface area contributed by atoms with E-state index in [1.807, 2.05) is 13.8 Å². The van der Waals surface area contributed by atoms with E-state index in [-0.39, 0.29) is 47.0 Å². The number of nitrogens with zero attached hydrogens (tertiary/aromatic N) is 7. The van der Waals surface area contributed by atoms with Crippen LogP contribution in [0.3, 0.4) is 0 Å². The third-order valence-corrected chi connectivity index (χ3v) is 7.58. The standard InChI is InChI=1S/C29H33F3N8O3/c1-16-14-39(15-17(2)43-16)27(41)20-6-8-21(9-7-20)33-18(3)22-12-23-25(13-24(22)29(30,31)32)34-19(4)40(28(23)42)11-10-26-35-36-37-38(26)5/h6-9,12-13,16-18,33H,10-11,14-15H2,1-5H3. The molecular weight excluding hydrogens is 565 g/mol. The Morgan fingerprint density at radius 1 is 1.14 bits per heavy atom. The van der Waals surface area contributed by atoms with Crippen LogP contribution in [0.15, 0.2) is 41.2 Å². The van der Waals surface area contributed by atoms with Crippen molar-refractivity contribution >= 4 is 22.5 Å². The van der Waals surface area contributed by atoms with Crippen molar-refractivity contribution in [1.29, 1.82) is 0 Å². The number of halogens is 3. The molecule has 0 bridgehead atoms. The van der Waals surface area contributed by atoms with E-state index in [4.69, 9.17) is 4.74 Å². The molecule has 0 radical (unpaired) electrons. The van der Waals surface area contributed by atoms with Gasteiger partial charge in [0.25, 0.3) is 11.5 Å². The van der Waals surface area contributed by atoms with Crippen molar-refractivity contribution in [1.82, 2.24) is 34.7 Å². The van der Waals surface area contributed by atoms with Crippen LogP contribution in [-0.2, 0) is 30.9 Å². The third-order valence-electron chi connectivity index (χ3n) is 7.58. The van der Waals surface area contributed by atoms with Crippen LogP contribution < -0.4 is 10.9 Å². The van der Waals surface area contributed by atoms with Gasteiger partial charge in [0, 0.05) is 50.4 Å². The number of aryl methyl sites for hydroxylation is 3. The predicted molar refractivity (Wildman–Crippen MR) is 153 cm³/mol. The van der Waals surface area contributed by atoms with E-state index in [2.05, 4.69) is 25.8 Å². The fourth-order valence-electron chi connectivity index (χ4n) is 5.50. The highest BCUT2D eigenvalue weighted by Crippen LogP contribution is 2.37. The first kappa shape index (κ1) is 30.1. The predicted octanol–water partition coefficient (Wildman–Crippen LogP) is 3.91. The minimum absolute atomic E-state index is 0.0306. The first-order valence-corrected chi connectivity index (χ1v) is 14.0. The molecule has 3 heterocycles. The molecule has 3 unspecified atom stereocenters. The highest BCUT2D eigenvalue weighted by Gasteiger charge is 2.36. The van der Waals surface area contributed by atoms with Crippen molar-refractivity contribution in [3.05, 3.63) is 75.1 Å². The van der Waals surface area contributed by atoms with Crippen LogP contribution in [0.1, 0.15) is 59.9 Å². The number of benzene rings is 2. The van der Waals surface area contributed by atoms with Gasteiger partial charge in [0.2, 0.25) is 0 Å². The number of hydrogen-bond donors (Lipinski definition) is 1. The van der Waals surface area contributed by atoms with Gasteiger partial charge in [-0.3, -0.25) is 14.2 Å². The minimum Gasteiger partial charge on any atom is -0.379 e. The van der Waals surface area contributed by atoms with Crippen molar-refractivity contribution in [2.45, 2.75) is 65.1 Å². The second-order valence-corrected chi connectivity index (χ2v) is 10.9. The maximum atomic E-state index is 14.2. The molecule has 2 aromatic carbocycles. The number of amides is 1. The zero-order chi connectivity index (χ0) is 31.1. The van der Waals surface area contributed by atoms with Gasteiger partial charge in [-0.15, -0.1) is 5.10 Å². The van der Waals surface area contributed by atoms with Gasteiger partial charge in [0.05, 0.1) is 28.7 Å². The molecule has 0 spiro atoms. The molecule has 1 aliphatic heterocycles. The van der Waals surface area contributed by atoms with Crippen LogP contribution in [0.2, 0.25) is 0 Å². The number of nitrogens with one attached hydrogen (secondary N) is 1. The van der Waals surface area contributed by atoms with Crippen LogP contribution in [0.4, 0.5) is 18.9 Å². The molecule has 0 saturated carbocycles. The van der Waals surface area contributed by atoms with Crippen LogP contribution in [0.5, 0.6) is 0 Å². The van der Waals surface area contributed by atoms with Crippen LogP contribution in [-0.4, -0.2) is 65.9 Å². The Morgan fingerprint density at radius 2 is 1.81 bits per heavy atom. The molecule has 1 fully saturated rings. The zero-order valence-electron chi connectivity index (χ0n) is 24.5. The summed E-state index contributed by atoms with van der Waals surface area (Å²) in [5.41, 5.74) is -0.454. The Balaban J connectivity index is 1.42. The Hall–Kier alpha value is -4.33. The van der Waals surface area contributed by atoms with Crippen LogP contribution in [0.25, 0.3) is 10.9 Å². The highest BCUT2D eigenvalue weighted by molar-refractivity contribution is 5.94. The minimum atomic E-state index is -4.68. The van der Waals surface area contributed by atoms with Gasteiger partial charge in [0.15, 0.2) is 5.82 Å². The van der Waals surface area contributed by atoms with Crippen molar-refractivity contribution in [3.63, 3.8) is 0 Å². The number of carbonyl (C=O) groups excluding carboxylic acids is 1. The monoisotopic (exact) mass is 598 g/mol. The smallest absolute Gasteiger partial charge is 0.379 e. The van der Waals surface area contributed by atoms with Crippen molar-refractivity contribution in [2.75, 3.05) is 18.4 Å². The number of hydrogen-bond acceptors (Lipinski definition) is 8. The highest BCUT2D eigenvalue weighted by atomic mass is 19.4. The summed E-state index contributed by atoms with van der Waals surface area (Å²) in [4.78, 5) is 32.6. The average molecular weight is 599 g/mol. The lowest BCUT2D eigenvalue weighted by atomic mass is 9.98. The maximum absolute atomic E-state index is 14.2. The normalized spacial score (nSPS) is 18.2. The topological polar surface area (TPSA) is 120 Å². The number of anilines is 1. The summed E-state index contributed by atoms with van der Waals surface area (Å²) < 4.78 is 51.3. The van der Waals surface area contributed by atoms with Crippen molar-refractivity contribution < 1.29 is 22.7 Å². The Kier molecular flexibility index (Phi) is 8.23. The molecule has 5 rings (SSSR count). The third kappa shape index (κ3) is 6.38. The van der Waals surface area contributed by atoms with E-state index in [9.17, 15) is 22.8 Å². The number of aromatic nitrogens is 6. The fraction of sp³-hybridized carbons (Fsp3) is 0.448. The summed E-state index contributed by atoms with van der Waals surface area (Å²) in [6, 6.07) is 7.97. The average Bonchev–Trinajstić information content (AvgIpc) is 3.35. The molecular formula is C29H33F3N8O3. The maximum Gasteiger partial charge on any atom is 0.416 e. The SMILES string of the molecule is Cc1nc2cc(C(F)(F)F)c(C(C)Nc3ccc(C(=O)N4CC(C)OC(C)C4)cc3)cc2c(=O)n1CCc1nnnn1C. The first-order chi connectivity index (χ1) is 20.3. The van der Waals surface area contributed by atoms with Gasteiger partial charge < -0.3 is 15.0 Å². The summed E-state index contributed by atoms with van der Waals surface area (Å²) in [7, 11) is 1.68. The van der Waals surface area contributed by atoms with Gasteiger partial charge in [-0.25, -0.2) is 9.67 Å². The van der Waals surface area contributed by atoms with Gasteiger partial charge >= 0.3 is 6.18 Å². The molecule has 14 heteroatoms. The summed E-state index contributed by atoms with van der Waals surface area (Å²) in [5, 5.41) is 14.5. The quantitative estimate of drug-likeness (QED) is 0.340. The van der Waals surface area contributed by atoms with Gasteiger partial charge in [-0.1, -0.05) is 0 Å². The summed E-state index contributed by atoms with van der Waals surface area (Å²) in [5.74, 6) is 0.708. The Bertz CT molecular complexity index is 1690. The second-order valence-electron chi connectivity index (χ2n) is 10.9. The summed E-state index contributed by atoms with van der Waals surface area (Å²) in [6.07, 6.45) is -4.48. The van der Waals surface area contributed by atoms with E-state index in [0.29, 0.717) is 36.6 Å². The zero-order valence-corrected chi connectivity index (χ0v) is 24.5. The fourth-order valence-corrected chi connectivity index (χ4v) is 5.50. The second kappa shape index (κ2) is 11.7. The molecule has 4 aromatic rings. The number of carbonyl (C=O) groups is 1. The number of morpholine rings is 1. The van der Waals surface area contributed by atoms with E-state index in [1.165, 1.54) is 15.3 Å². The molecule has 1 amide bonds. The van der Waals surface area contributed by atoms with Crippen molar-refractivity contribution in [2.24, 2.45) is 7.05 Å². The van der Waals surface area contributed by atoms with Gasteiger partial charge in [-0.2, -0.15) is 13.2 Å². The van der Waals surface area contributed by atoms with E-state index >= 15 is 0 Å². The number of fused-ring (bicyclic) bond motifs is 1. The molecule has 1 saturated heterocycles. The molecule has 3 atom stereocenters. The van der Waals surface area contributed by atoms with E-state index in [0.717, 1.165) is 6.07 Å². The summed E-state index contributed by atoms with van der Waals surface area (Å²) >= 11 is 0. The molecule has 2 aromatic heterocycles. The lowest BCUT2D eigenvalue weighted by Crippen LogP contribution is -2.48. The Labute approximate surface area is 245 Å². The number of tetrazole rings is 1. The van der Waals surface area contributed by atoms with Gasteiger partial charge in [0.1, 0.15) is 5.82 Å². The molecule has 1 aliphatic rings. The van der Waals surface area contributed by atoms with E-state index < -0.39 is 23.3 Å². The molecule has 11 nitrogen and oxygen atoms in total. The number of rotatable bonds is 7. The van der Waals surface area contributed by atoms with Crippen LogP contribution >= 0.6 is 0 Å². The number of ether oxygens (including phenoxy) is 1. The largest absolute Gasteiger partial charge is 0.416 e. The lowest BCUT2D eigenvalue weighted by molar-refractivity contribution is -0.138. The van der Waals surface area contributed by atoms with Crippen LogP contribution in [0, 0.1) is 6.92 Å². The summed E-state index contributed by atoms with van der Waals surface area (Å²) in [6.45, 7) is 8.17. The molecule has 1 N–H and O–H groups in total. The van der Waals surface area contributed by atoms with Crippen molar-refractivity contribution in [3.8, 4) is 0 Å².